The standard InChI is InChI=1S/C13H17Br2NO2/c1-3-16(9(2)6-13(17)18)8-10-4-5-11(14)12(15)7-10/h4-5,7,9H,3,6,8H2,1-2H3,(H,17,18). The maximum atomic E-state index is 10.7. The van der Waals surface area contributed by atoms with Gasteiger partial charge in [-0.25, -0.2) is 0 Å². The van der Waals surface area contributed by atoms with E-state index in [1.165, 1.54) is 5.56 Å². The zero-order valence-electron chi connectivity index (χ0n) is 10.5. The van der Waals surface area contributed by atoms with Crippen molar-refractivity contribution in [3.8, 4) is 0 Å². The lowest BCUT2D eigenvalue weighted by atomic mass is 10.1. The van der Waals surface area contributed by atoms with E-state index in [9.17, 15) is 4.79 Å². The quantitative estimate of drug-likeness (QED) is 0.816. The van der Waals surface area contributed by atoms with Gasteiger partial charge in [0.05, 0.1) is 6.42 Å². The molecule has 1 aromatic carbocycles. The highest BCUT2D eigenvalue weighted by molar-refractivity contribution is 9.13. The summed E-state index contributed by atoms with van der Waals surface area (Å²) in [4.78, 5) is 12.9. The molecule has 0 aliphatic carbocycles. The van der Waals surface area contributed by atoms with Gasteiger partial charge in [0.1, 0.15) is 0 Å². The van der Waals surface area contributed by atoms with Gasteiger partial charge in [-0.2, -0.15) is 0 Å². The van der Waals surface area contributed by atoms with Crippen molar-refractivity contribution in [2.75, 3.05) is 6.54 Å². The SMILES string of the molecule is CCN(Cc1ccc(Br)c(Br)c1)C(C)CC(=O)O. The van der Waals surface area contributed by atoms with E-state index in [1.54, 1.807) is 0 Å². The van der Waals surface area contributed by atoms with Gasteiger partial charge in [0, 0.05) is 21.5 Å². The second kappa shape index (κ2) is 7.26. The number of hydrogen-bond donors (Lipinski definition) is 1. The van der Waals surface area contributed by atoms with Crippen LogP contribution in [0.25, 0.3) is 0 Å². The summed E-state index contributed by atoms with van der Waals surface area (Å²) in [5.41, 5.74) is 1.17. The molecule has 1 rings (SSSR count). The predicted molar refractivity (Wildman–Crippen MR) is 79.6 cm³/mol. The van der Waals surface area contributed by atoms with Crippen LogP contribution in [0.1, 0.15) is 25.8 Å². The summed E-state index contributed by atoms with van der Waals surface area (Å²) in [5.74, 6) is -0.752. The van der Waals surface area contributed by atoms with Crippen molar-refractivity contribution in [1.29, 1.82) is 0 Å². The number of aliphatic carboxylic acids is 1. The first-order chi connectivity index (χ1) is 8.43. The van der Waals surface area contributed by atoms with Crippen LogP contribution in [-0.2, 0) is 11.3 Å². The molecule has 0 fully saturated rings. The number of hydrogen-bond acceptors (Lipinski definition) is 2. The lowest BCUT2D eigenvalue weighted by Crippen LogP contribution is -2.34. The van der Waals surface area contributed by atoms with E-state index in [-0.39, 0.29) is 12.5 Å². The van der Waals surface area contributed by atoms with Crippen molar-refractivity contribution < 1.29 is 9.90 Å². The van der Waals surface area contributed by atoms with E-state index in [2.05, 4.69) is 42.8 Å². The van der Waals surface area contributed by atoms with Gasteiger partial charge in [-0.1, -0.05) is 13.0 Å². The van der Waals surface area contributed by atoms with Crippen molar-refractivity contribution in [2.24, 2.45) is 0 Å². The van der Waals surface area contributed by atoms with Gasteiger partial charge in [0.15, 0.2) is 0 Å². The molecule has 1 atom stereocenters. The van der Waals surface area contributed by atoms with Crippen LogP contribution in [0.5, 0.6) is 0 Å². The van der Waals surface area contributed by atoms with Crippen LogP contribution < -0.4 is 0 Å². The number of halogens is 2. The van der Waals surface area contributed by atoms with E-state index in [0.29, 0.717) is 0 Å². The molecule has 0 saturated carbocycles. The van der Waals surface area contributed by atoms with Crippen LogP contribution in [0.15, 0.2) is 27.1 Å². The number of carboxylic acid groups (broad SMARTS) is 1. The Kier molecular flexibility index (Phi) is 6.32. The van der Waals surface area contributed by atoms with Crippen molar-refractivity contribution in [3.63, 3.8) is 0 Å². The van der Waals surface area contributed by atoms with Crippen LogP contribution >= 0.6 is 31.9 Å². The van der Waals surface area contributed by atoms with Gasteiger partial charge in [0.25, 0.3) is 0 Å². The Labute approximate surface area is 124 Å². The highest BCUT2D eigenvalue weighted by Crippen LogP contribution is 2.24. The van der Waals surface area contributed by atoms with Crippen molar-refractivity contribution in [3.05, 3.63) is 32.7 Å². The van der Waals surface area contributed by atoms with E-state index < -0.39 is 5.97 Å². The molecular formula is C13H17Br2NO2. The molecule has 1 aromatic rings. The number of carboxylic acids is 1. The normalized spacial score (nSPS) is 12.7. The topological polar surface area (TPSA) is 40.5 Å². The Hall–Kier alpha value is -0.390. The first-order valence-corrected chi connectivity index (χ1v) is 7.42. The van der Waals surface area contributed by atoms with Gasteiger partial charge in [-0.15, -0.1) is 0 Å². The summed E-state index contributed by atoms with van der Waals surface area (Å²) in [6, 6.07) is 6.13. The Morgan fingerprint density at radius 1 is 1.39 bits per heavy atom. The molecule has 100 valence electrons. The van der Waals surface area contributed by atoms with Crippen molar-refractivity contribution in [1.82, 2.24) is 4.90 Å². The van der Waals surface area contributed by atoms with E-state index in [0.717, 1.165) is 22.0 Å². The maximum absolute atomic E-state index is 10.7. The van der Waals surface area contributed by atoms with Crippen LogP contribution in [0.2, 0.25) is 0 Å². The third kappa shape index (κ3) is 4.71. The first-order valence-electron chi connectivity index (χ1n) is 5.83. The summed E-state index contributed by atoms with van der Waals surface area (Å²) >= 11 is 6.91. The minimum Gasteiger partial charge on any atom is -0.481 e. The lowest BCUT2D eigenvalue weighted by molar-refractivity contribution is -0.138. The largest absolute Gasteiger partial charge is 0.481 e. The average Bonchev–Trinajstić information content (AvgIpc) is 2.29. The number of benzene rings is 1. The molecule has 3 nitrogen and oxygen atoms in total. The minimum absolute atomic E-state index is 0.0370. The maximum Gasteiger partial charge on any atom is 0.304 e. The monoisotopic (exact) mass is 377 g/mol. The summed E-state index contributed by atoms with van der Waals surface area (Å²) in [5, 5.41) is 8.83. The second-order valence-electron chi connectivity index (χ2n) is 4.26. The zero-order valence-corrected chi connectivity index (χ0v) is 13.7. The molecule has 0 amide bonds. The van der Waals surface area contributed by atoms with E-state index in [1.807, 2.05) is 26.0 Å². The molecule has 18 heavy (non-hydrogen) atoms. The summed E-state index contributed by atoms with van der Waals surface area (Å²) in [6.45, 7) is 5.59. The molecule has 0 aromatic heterocycles. The average molecular weight is 379 g/mol. The molecule has 0 aliphatic rings. The fraction of sp³-hybridized carbons (Fsp3) is 0.462. The fourth-order valence-corrected chi connectivity index (χ4v) is 2.51. The summed E-state index contributed by atoms with van der Waals surface area (Å²) in [6.07, 6.45) is 0.172. The Morgan fingerprint density at radius 3 is 2.56 bits per heavy atom. The Morgan fingerprint density at radius 2 is 2.06 bits per heavy atom. The molecule has 0 bridgehead atoms. The minimum atomic E-state index is -0.752. The van der Waals surface area contributed by atoms with Gasteiger partial charge in [-0.3, -0.25) is 9.69 Å². The summed E-state index contributed by atoms with van der Waals surface area (Å²) in [7, 11) is 0. The van der Waals surface area contributed by atoms with Gasteiger partial charge in [-0.05, 0) is 63.0 Å². The highest BCUT2D eigenvalue weighted by Gasteiger charge is 2.15. The number of rotatable bonds is 6. The van der Waals surface area contributed by atoms with Crippen molar-refractivity contribution in [2.45, 2.75) is 32.9 Å². The van der Waals surface area contributed by atoms with Crippen molar-refractivity contribution >= 4 is 37.8 Å². The van der Waals surface area contributed by atoms with Gasteiger partial charge in [0.2, 0.25) is 0 Å². The zero-order chi connectivity index (χ0) is 13.7. The van der Waals surface area contributed by atoms with Crippen LogP contribution in [-0.4, -0.2) is 28.6 Å². The Bertz CT molecular complexity index is 423. The smallest absolute Gasteiger partial charge is 0.304 e. The highest BCUT2D eigenvalue weighted by atomic mass is 79.9. The predicted octanol–water partition coefficient (Wildman–Crippen LogP) is 3.90. The fourth-order valence-electron chi connectivity index (χ4n) is 1.83. The van der Waals surface area contributed by atoms with Gasteiger partial charge < -0.3 is 5.11 Å². The molecule has 1 N–H and O–H groups in total. The molecule has 0 radical (unpaired) electrons. The van der Waals surface area contributed by atoms with E-state index in [4.69, 9.17) is 5.11 Å². The Balaban J connectivity index is 2.72. The van der Waals surface area contributed by atoms with E-state index >= 15 is 0 Å². The van der Waals surface area contributed by atoms with Crippen LogP contribution in [0, 0.1) is 0 Å². The molecule has 0 heterocycles. The molecule has 5 heteroatoms. The second-order valence-corrected chi connectivity index (χ2v) is 5.97. The molecule has 0 aliphatic heterocycles. The third-order valence-electron chi connectivity index (χ3n) is 2.87. The molecule has 0 saturated heterocycles. The van der Waals surface area contributed by atoms with Gasteiger partial charge >= 0.3 is 5.97 Å². The lowest BCUT2D eigenvalue weighted by Gasteiger charge is -2.26. The number of carbonyl (C=O) groups is 1. The molecule has 1 unspecified atom stereocenters. The summed E-state index contributed by atoms with van der Waals surface area (Å²) < 4.78 is 2.04. The van der Waals surface area contributed by atoms with Crippen LogP contribution in [0.4, 0.5) is 0 Å². The third-order valence-corrected chi connectivity index (χ3v) is 4.75. The molecular weight excluding hydrogens is 362 g/mol. The number of nitrogens with zero attached hydrogens (tertiary/aromatic N) is 1. The van der Waals surface area contributed by atoms with Crippen LogP contribution in [0.3, 0.4) is 0 Å². The molecule has 0 spiro atoms. The first kappa shape index (κ1) is 15.7.